The SMILES string of the molecule is CC(C)c1nc(CN(CCN)CCc2ccccc2)cs1. The maximum absolute atomic E-state index is 5.75. The van der Waals surface area contributed by atoms with Crippen molar-refractivity contribution in [3.05, 3.63) is 52.0 Å². The predicted octanol–water partition coefficient (Wildman–Crippen LogP) is 3.27. The molecule has 0 spiro atoms. The largest absolute Gasteiger partial charge is 0.329 e. The summed E-state index contributed by atoms with van der Waals surface area (Å²) in [4.78, 5) is 7.12. The molecule has 0 aliphatic carbocycles. The van der Waals surface area contributed by atoms with Crippen LogP contribution in [0, 0.1) is 0 Å². The summed E-state index contributed by atoms with van der Waals surface area (Å²) in [6.07, 6.45) is 1.06. The fourth-order valence-corrected chi connectivity index (χ4v) is 3.10. The Balaban J connectivity index is 1.91. The van der Waals surface area contributed by atoms with Gasteiger partial charge in [-0.25, -0.2) is 4.98 Å². The minimum absolute atomic E-state index is 0.510. The fraction of sp³-hybridized carbons (Fsp3) is 0.471. The van der Waals surface area contributed by atoms with Crippen LogP contribution in [0.1, 0.15) is 36.0 Å². The van der Waals surface area contributed by atoms with Gasteiger partial charge < -0.3 is 5.73 Å². The van der Waals surface area contributed by atoms with Crippen LogP contribution in [-0.4, -0.2) is 29.5 Å². The van der Waals surface area contributed by atoms with Crippen molar-refractivity contribution in [2.75, 3.05) is 19.6 Å². The number of rotatable bonds is 8. The summed E-state index contributed by atoms with van der Waals surface area (Å²) in [5, 5.41) is 3.40. The van der Waals surface area contributed by atoms with Crippen LogP contribution in [0.2, 0.25) is 0 Å². The maximum atomic E-state index is 5.75. The lowest BCUT2D eigenvalue weighted by Gasteiger charge is -2.20. The standard InChI is InChI=1S/C17H25N3S/c1-14(2)17-19-16(13-21-17)12-20(11-9-18)10-8-15-6-4-3-5-7-15/h3-7,13-14H,8-12,18H2,1-2H3. The zero-order valence-electron chi connectivity index (χ0n) is 13.0. The van der Waals surface area contributed by atoms with Crippen LogP contribution in [0.15, 0.2) is 35.7 Å². The average molecular weight is 303 g/mol. The molecule has 0 saturated carbocycles. The van der Waals surface area contributed by atoms with Gasteiger partial charge in [-0.3, -0.25) is 4.90 Å². The zero-order valence-corrected chi connectivity index (χ0v) is 13.8. The van der Waals surface area contributed by atoms with E-state index in [2.05, 4.69) is 54.5 Å². The van der Waals surface area contributed by atoms with Gasteiger partial charge in [0.25, 0.3) is 0 Å². The first-order chi connectivity index (χ1) is 10.2. The molecule has 0 bridgehead atoms. The first-order valence-electron chi connectivity index (χ1n) is 7.59. The molecule has 1 heterocycles. The van der Waals surface area contributed by atoms with Crippen molar-refractivity contribution in [1.29, 1.82) is 0 Å². The van der Waals surface area contributed by atoms with Gasteiger partial charge in [-0.15, -0.1) is 11.3 Å². The van der Waals surface area contributed by atoms with E-state index in [1.807, 2.05) is 0 Å². The van der Waals surface area contributed by atoms with Crippen LogP contribution in [0.25, 0.3) is 0 Å². The van der Waals surface area contributed by atoms with E-state index in [1.165, 1.54) is 16.3 Å². The Hall–Kier alpha value is -1.23. The third-order valence-electron chi connectivity index (χ3n) is 3.45. The van der Waals surface area contributed by atoms with Crippen LogP contribution in [0.5, 0.6) is 0 Å². The summed E-state index contributed by atoms with van der Waals surface area (Å²) < 4.78 is 0. The minimum Gasteiger partial charge on any atom is -0.329 e. The van der Waals surface area contributed by atoms with E-state index in [1.54, 1.807) is 11.3 Å². The first kappa shape index (κ1) is 16.1. The molecule has 0 aliphatic rings. The molecule has 0 atom stereocenters. The fourth-order valence-electron chi connectivity index (χ4n) is 2.27. The van der Waals surface area contributed by atoms with Gasteiger partial charge in [-0.2, -0.15) is 0 Å². The topological polar surface area (TPSA) is 42.2 Å². The van der Waals surface area contributed by atoms with Crippen molar-refractivity contribution in [1.82, 2.24) is 9.88 Å². The summed E-state index contributed by atoms with van der Waals surface area (Å²) in [7, 11) is 0. The number of nitrogens with two attached hydrogens (primary N) is 1. The van der Waals surface area contributed by atoms with E-state index in [4.69, 9.17) is 10.7 Å². The lowest BCUT2D eigenvalue weighted by Crippen LogP contribution is -2.31. The van der Waals surface area contributed by atoms with Crippen LogP contribution >= 0.6 is 11.3 Å². The van der Waals surface area contributed by atoms with Gasteiger partial charge in [-0.1, -0.05) is 44.2 Å². The number of hydrogen-bond donors (Lipinski definition) is 1. The molecule has 4 heteroatoms. The second-order valence-electron chi connectivity index (χ2n) is 5.63. The van der Waals surface area contributed by atoms with E-state index in [-0.39, 0.29) is 0 Å². The molecule has 0 fully saturated rings. The van der Waals surface area contributed by atoms with E-state index >= 15 is 0 Å². The Morgan fingerprint density at radius 2 is 1.95 bits per heavy atom. The van der Waals surface area contributed by atoms with Crippen molar-refractivity contribution in [3.8, 4) is 0 Å². The number of hydrogen-bond acceptors (Lipinski definition) is 4. The van der Waals surface area contributed by atoms with Crippen LogP contribution in [0.3, 0.4) is 0 Å². The Labute approximate surface area is 131 Å². The third kappa shape index (κ3) is 5.23. The molecule has 0 radical (unpaired) electrons. The normalized spacial score (nSPS) is 11.5. The molecule has 114 valence electrons. The molecule has 0 aliphatic heterocycles. The summed E-state index contributed by atoms with van der Waals surface area (Å²) in [6.45, 7) is 7.91. The highest BCUT2D eigenvalue weighted by molar-refractivity contribution is 7.09. The molecular formula is C17H25N3S. The molecule has 21 heavy (non-hydrogen) atoms. The number of aromatic nitrogens is 1. The molecule has 3 nitrogen and oxygen atoms in total. The van der Waals surface area contributed by atoms with Gasteiger partial charge >= 0.3 is 0 Å². The van der Waals surface area contributed by atoms with Gasteiger partial charge in [0.15, 0.2) is 0 Å². The summed E-state index contributed by atoms with van der Waals surface area (Å²) in [5.41, 5.74) is 8.29. The van der Waals surface area contributed by atoms with Gasteiger partial charge in [-0.05, 0) is 12.0 Å². The highest BCUT2D eigenvalue weighted by Gasteiger charge is 2.10. The predicted molar refractivity (Wildman–Crippen MR) is 90.7 cm³/mol. The monoisotopic (exact) mass is 303 g/mol. The van der Waals surface area contributed by atoms with E-state index in [0.717, 1.165) is 26.1 Å². The molecule has 0 unspecified atom stereocenters. The Bertz CT molecular complexity index is 522. The molecule has 1 aromatic carbocycles. The van der Waals surface area contributed by atoms with Crippen molar-refractivity contribution in [3.63, 3.8) is 0 Å². The summed E-state index contributed by atoms with van der Waals surface area (Å²) in [5.74, 6) is 0.510. The Morgan fingerprint density at radius 1 is 1.19 bits per heavy atom. The van der Waals surface area contributed by atoms with Gasteiger partial charge in [0.05, 0.1) is 10.7 Å². The number of thiazole rings is 1. The maximum Gasteiger partial charge on any atom is 0.0954 e. The number of benzene rings is 1. The van der Waals surface area contributed by atoms with Gasteiger partial charge in [0.1, 0.15) is 0 Å². The molecule has 2 N–H and O–H groups in total. The average Bonchev–Trinajstić information content (AvgIpc) is 2.95. The van der Waals surface area contributed by atoms with Crippen molar-refractivity contribution in [2.45, 2.75) is 32.7 Å². The lowest BCUT2D eigenvalue weighted by atomic mass is 10.1. The third-order valence-corrected chi connectivity index (χ3v) is 4.65. The van der Waals surface area contributed by atoms with E-state index < -0.39 is 0 Å². The molecular weight excluding hydrogens is 278 g/mol. The smallest absolute Gasteiger partial charge is 0.0954 e. The Morgan fingerprint density at radius 3 is 2.57 bits per heavy atom. The lowest BCUT2D eigenvalue weighted by molar-refractivity contribution is 0.273. The number of nitrogens with zero attached hydrogens (tertiary/aromatic N) is 2. The van der Waals surface area contributed by atoms with E-state index in [0.29, 0.717) is 12.5 Å². The molecule has 0 saturated heterocycles. The van der Waals surface area contributed by atoms with E-state index in [9.17, 15) is 0 Å². The second kappa shape index (κ2) is 8.27. The van der Waals surface area contributed by atoms with Crippen molar-refractivity contribution >= 4 is 11.3 Å². The Kier molecular flexibility index (Phi) is 6.36. The van der Waals surface area contributed by atoms with Crippen LogP contribution in [0.4, 0.5) is 0 Å². The van der Waals surface area contributed by atoms with Gasteiger partial charge in [0.2, 0.25) is 0 Å². The van der Waals surface area contributed by atoms with Crippen molar-refractivity contribution in [2.24, 2.45) is 5.73 Å². The first-order valence-corrected chi connectivity index (χ1v) is 8.47. The zero-order chi connectivity index (χ0) is 15.1. The van der Waals surface area contributed by atoms with Crippen molar-refractivity contribution < 1.29 is 0 Å². The second-order valence-corrected chi connectivity index (χ2v) is 6.52. The van der Waals surface area contributed by atoms with Gasteiger partial charge in [0, 0.05) is 37.5 Å². The summed E-state index contributed by atoms with van der Waals surface area (Å²) in [6, 6.07) is 10.6. The molecule has 2 rings (SSSR count). The van der Waals surface area contributed by atoms with Crippen LogP contribution < -0.4 is 5.73 Å². The highest BCUT2D eigenvalue weighted by atomic mass is 32.1. The molecule has 1 aromatic heterocycles. The minimum atomic E-state index is 0.510. The van der Waals surface area contributed by atoms with Crippen LogP contribution in [-0.2, 0) is 13.0 Å². The summed E-state index contributed by atoms with van der Waals surface area (Å²) >= 11 is 1.76. The quantitative estimate of drug-likeness (QED) is 0.814. The highest BCUT2D eigenvalue weighted by Crippen LogP contribution is 2.20. The molecule has 2 aromatic rings. The molecule has 0 amide bonds.